The van der Waals surface area contributed by atoms with E-state index in [1.807, 2.05) is 0 Å². The molecule has 2 fully saturated rings. The molecule has 8 N–H and O–H groups in total. The molecular weight excluding hydrogens is 1170 g/mol. The molecule has 0 unspecified atom stereocenters. The molecule has 6 aromatic rings. The predicted molar refractivity (Wildman–Crippen MR) is 259 cm³/mol. The molecule has 0 amide bonds. The number of carbonyl (C=O) groups is 4. The van der Waals surface area contributed by atoms with E-state index in [-0.39, 0.29) is 68.9 Å². The van der Waals surface area contributed by atoms with Crippen LogP contribution in [0.2, 0.25) is 10.6 Å². The fourth-order valence-electron chi connectivity index (χ4n) is 8.28. The largest absolute Gasteiger partial charge is 0.573 e. The Bertz CT molecular complexity index is 3240. The number of esters is 2. The zero-order valence-corrected chi connectivity index (χ0v) is 43.3. The van der Waals surface area contributed by atoms with Crippen LogP contribution in [0, 0.1) is 0 Å². The first-order valence-corrected chi connectivity index (χ1v) is 24.3. The Morgan fingerprint density at radius 1 is 0.610 bits per heavy atom. The van der Waals surface area contributed by atoms with Crippen LogP contribution in [0.1, 0.15) is 37.4 Å². The number of aliphatic hydroxyl groups excluding tert-OH is 2. The minimum absolute atomic E-state index is 0.0178. The molecule has 0 saturated carbocycles. The summed E-state index contributed by atoms with van der Waals surface area (Å²) in [5, 5.41) is 40.0. The zero-order valence-electron chi connectivity index (χ0n) is 41.8. The molecule has 0 bridgehead atoms. The van der Waals surface area contributed by atoms with E-state index in [9.17, 15) is 65.9 Å². The first kappa shape index (κ1) is 62.0. The van der Waals surface area contributed by atoms with Crippen LogP contribution in [-0.4, -0.2) is 170 Å². The van der Waals surface area contributed by atoms with Crippen molar-refractivity contribution in [2.75, 3.05) is 37.9 Å². The summed E-state index contributed by atoms with van der Waals surface area (Å²) in [6.45, 7) is 0.945. The molecule has 26 nitrogen and oxygen atoms in total. The number of carbonyl (C=O) groups excluding carboxylic acids is 2. The van der Waals surface area contributed by atoms with Crippen molar-refractivity contribution < 1.29 is 113 Å². The maximum absolute atomic E-state index is 15.3. The molecule has 2 aromatic carbocycles. The fraction of sp³-hybridized carbons (Fsp3) is 0.435. The number of alkyl halides is 8. The van der Waals surface area contributed by atoms with Crippen LogP contribution in [0.15, 0.2) is 61.2 Å². The zero-order chi connectivity index (χ0) is 60.2. The quantitative estimate of drug-likeness (QED) is 0.0267. The summed E-state index contributed by atoms with van der Waals surface area (Å²) in [6, 6.07) is 8.05. The second kappa shape index (κ2) is 24.9. The Balaban J connectivity index is 0.000000237. The van der Waals surface area contributed by atoms with Crippen LogP contribution in [0.25, 0.3) is 22.3 Å². The van der Waals surface area contributed by atoms with Gasteiger partial charge in [0.1, 0.15) is 46.9 Å². The number of fused-ring (bicyclic) bond motifs is 2. The van der Waals surface area contributed by atoms with Gasteiger partial charge < -0.3 is 69.8 Å². The number of ether oxygens (including phenoxy) is 8. The first-order valence-electron chi connectivity index (χ1n) is 23.6. The van der Waals surface area contributed by atoms with Gasteiger partial charge in [-0.1, -0.05) is 24.3 Å². The lowest BCUT2D eigenvalue weighted by molar-refractivity contribution is -0.275. The molecule has 0 spiro atoms. The molecule has 444 valence electrons. The van der Waals surface area contributed by atoms with Gasteiger partial charge in [-0.05, 0) is 72.4 Å². The van der Waals surface area contributed by atoms with E-state index in [0.29, 0.717) is 0 Å². The Hall–Kier alpha value is -7.60. The highest BCUT2D eigenvalue weighted by Crippen LogP contribution is 2.38. The van der Waals surface area contributed by atoms with Crippen LogP contribution < -0.4 is 20.9 Å². The molecule has 2 aliphatic heterocycles. The highest BCUT2D eigenvalue weighted by molar-refractivity contribution is 6.29. The van der Waals surface area contributed by atoms with E-state index in [1.54, 1.807) is 0 Å². The van der Waals surface area contributed by atoms with Crippen LogP contribution in [0.4, 0.5) is 46.8 Å². The number of rotatable bonds is 20. The van der Waals surface area contributed by atoms with Gasteiger partial charge in [-0.2, -0.15) is 19.9 Å². The number of carboxylic acids is 2. The Labute approximate surface area is 463 Å². The molecule has 8 rings (SSSR count). The molecule has 2 aliphatic rings. The summed E-state index contributed by atoms with van der Waals surface area (Å²) in [4.78, 5) is 73.9. The number of hydrogen-bond acceptors (Lipinski definition) is 22. The fourth-order valence-corrected chi connectivity index (χ4v) is 8.62. The summed E-state index contributed by atoms with van der Waals surface area (Å²) in [6.07, 6.45) is -23.1. The number of imidazole rings is 2. The van der Waals surface area contributed by atoms with Crippen molar-refractivity contribution in [3.05, 3.63) is 82.9 Å². The van der Waals surface area contributed by atoms with Crippen molar-refractivity contribution in [3.63, 3.8) is 0 Å². The molecular formula is C46H44Cl2F8N10O16. The van der Waals surface area contributed by atoms with Crippen molar-refractivity contribution in [1.82, 2.24) is 39.0 Å². The molecule has 4 aromatic heterocycles. The highest BCUT2D eigenvalue weighted by Gasteiger charge is 2.55. The van der Waals surface area contributed by atoms with Crippen molar-refractivity contribution in [2.24, 2.45) is 0 Å². The molecule has 0 aliphatic carbocycles. The number of aliphatic carboxylic acids is 2. The monoisotopic (exact) mass is 1210 g/mol. The van der Waals surface area contributed by atoms with Crippen molar-refractivity contribution in [1.29, 1.82) is 0 Å². The van der Waals surface area contributed by atoms with Crippen LogP contribution >= 0.6 is 23.2 Å². The van der Waals surface area contributed by atoms with Gasteiger partial charge in [-0.3, -0.25) is 9.13 Å². The number of anilines is 2. The molecule has 2 saturated heterocycles. The smallest absolute Gasteiger partial charge is 0.479 e. The lowest BCUT2D eigenvalue weighted by atomic mass is 9.93. The SMILES string of the molecule is CCOC(=O)C(Cc1ccc(OC(F)(F)F)cc1)(OC[C@H]1O[C@@H](n2cnc3c(N)nc(Cl)nc32)[C@@H](F)[C@@H]1O)C(=O)OCC.Nc1nc(Cl)nc2c1ncn2[C@@H]1O[C@H](COC(Cc2ccc(OC(F)(F)F)cc2)(C(=O)O)C(=O)O)[C@@H](O)[C@@H]1F. The summed E-state index contributed by atoms with van der Waals surface area (Å²) in [7, 11) is 0. The lowest BCUT2D eigenvalue weighted by Gasteiger charge is -2.30. The van der Waals surface area contributed by atoms with Crippen molar-refractivity contribution in [3.8, 4) is 11.5 Å². The number of nitrogens with two attached hydrogens (primary N) is 2. The van der Waals surface area contributed by atoms with E-state index in [0.717, 1.165) is 58.2 Å². The number of hydrogen-bond donors (Lipinski definition) is 6. The summed E-state index contributed by atoms with van der Waals surface area (Å²) in [5.74, 6) is -7.65. The van der Waals surface area contributed by atoms with Gasteiger partial charge in [0.15, 0.2) is 47.7 Å². The van der Waals surface area contributed by atoms with E-state index >= 15 is 8.78 Å². The number of nitrogens with zero attached hydrogens (tertiary/aromatic N) is 8. The van der Waals surface area contributed by atoms with Gasteiger partial charge in [0.25, 0.3) is 11.2 Å². The van der Waals surface area contributed by atoms with Crippen LogP contribution in [0.3, 0.4) is 0 Å². The number of aliphatic hydroxyl groups is 2. The third kappa shape index (κ3) is 13.7. The summed E-state index contributed by atoms with van der Waals surface area (Å²) < 4.78 is 147. The van der Waals surface area contributed by atoms with Crippen LogP contribution in [-0.2, 0) is 60.4 Å². The van der Waals surface area contributed by atoms with E-state index in [4.69, 9.17) is 63.1 Å². The predicted octanol–water partition coefficient (Wildman–Crippen LogP) is 4.41. The van der Waals surface area contributed by atoms with Gasteiger partial charge in [0.05, 0.1) is 39.1 Å². The van der Waals surface area contributed by atoms with Gasteiger partial charge in [-0.15, -0.1) is 26.3 Å². The number of carboxylic acid groups (broad SMARTS) is 2. The minimum Gasteiger partial charge on any atom is -0.479 e. The summed E-state index contributed by atoms with van der Waals surface area (Å²) in [5.41, 5.74) is 6.30. The highest BCUT2D eigenvalue weighted by atomic mass is 35.5. The van der Waals surface area contributed by atoms with Gasteiger partial charge in [-0.25, -0.2) is 37.9 Å². The average Bonchev–Trinajstić information content (AvgIpc) is 4.37. The first-order chi connectivity index (χ1) is 38.5. The third-order valence-electron chi connectivity index (χ3n) is 12.1. The normalized spacial score (nSPS) is 21.2. The van der Waals surface area contributed by atoms with E-state index in [1.165, 1.54) is 26.0 Å². The van der Waals surface area contributed by atoms with Crippen LogP contribution in [0.5, 0.6) is 11.5 Å². The van der Waals surface area contributed by atoms with E-state index in [2.05, 4.69) is 39.4 Å². The molecule has 0 radical (unpaired) electrons. The number of nitrogen functional groups attached to an aromatic ring is 2. The maximum Gasteiger partial charge on any atom is 0.573 e. The number of aromatic nitrogens is 8. The topological polar surface area (TPSA) is 362 Å². The van der Waals surface area contributed by atoms with Crippen molar-refractivity contribution in [2.45, 2.75) is 99.8 Å². The standard InChI is InChI=1S/C25H26ClF4N5O8.C21H18ClF4N5O8/c1-3-39-21(37)24(22(38)40-4-2,9-12-5-7-13(8-6-12)43-25(28,29)30)41-10-14-17(36)15(27)20(42-14)35-11-32-16-18(31)33-23(26)34-19(16)35;22-19-29-14(27)12-15(30-19)31(7-28-12)16-11(23)13(32)10(38-16)6-37-20(17(33)34,18(35)36)5-8-1-3-9(4-2-8)39-21(24,25)26/h5-8,11,14-15,17,20,36H,3-4,9-10H2,1-2H3,(H2,31,33,34);1-4,7,10-11,13,16,32H,5-6H2,(H,33,34)(H,35,36)(H2,27,29,30)/t14-,15+,17-,20-;10-,11+,13-,16-/m11/s1. The number of halogens is 10. The summed E-state index contributed by atoms with van der Waals surface area (Å²) >= 11 is 11.7. The maximum atomic E-state index is 15.3. The molecule has 36 heteroatoms. The Kier molecular flexibility index (Phi) is 18.8. The minimum atomic E-state index is -4.97. The third-order valence-corrected chi connectivity index (χ3v) is 12.4. The van der Waals surface area contributed by atoms with Gasteiger partial charge >= 0.3 is 36.6 Å². The molecule has 82 heavy (non-hydrogen) atoms. The Morgan fingerprint density at radius 3 is 1.30 bits per heavy atom. The average molecular weight is 1220 g/mol. The lowest BCUT2D eigenvalue weighted by Crippen LogP contribution is -2.54. The van der Waals surface area contributed by atoms with Gasteiger partial charge in [0.2, 0.25) is 10.6 Å². The molecule has 8 atom stereocenters. The molecule has 6 heterocycles. The van der Waals surface area contributed by atoms with E-state index < -0.39 is 135 Å². The number of benzene rings is 2. The Morgan fingerprint density at radius 2 is 0.963 bits per heavy atom. The second-order valence-electron chi connectivity index (χ2n) is 17.5. The second-order valence-corrected chi connectivity index (χ2v) is 18.1. The van der Waals surface area contributed by atoms with Gasteiger partial charge in [0, 0.05) is 12.8 Å². The van der Waals surface area contributed by atoms with Crippen molar-refractivity contribution >= 4 is 81.0 Å².